The van der Waals surface area contributed by atoms with Gasteiger partial charge in [-0.25, -0.2) is 0 Å². The lowest BCUT2D eigenvalue weighted by Gasteiger charge is -2.24. The number of benzene rings is 1. The van der Waals surface area contributed by atoms with Gasteiger partial charge in [-0.3, -0.25) is 4.79 Å². The Balaban J connectivity index is 1.67. The minimum Gasteiger partial charge on any atom is -0.481 e. The molecule has 0 aromatic heterocycles. The van der Waals surface area contributed by atoms with Gasteiger partial charge < -0.3 is 10.4 Å². The van der Waals surface area contributed by atoms with E-state index in [0.717, 1.165) is 23.1 Å². The smallest absolute Gasteiger partial charge is 0.307 e. The van der Waals surface area contributed by atoms with Crippen molar-refractivity contribution in [2.75, 3.05) is 5.32 Å². The third kappa shape index (κ3) is 2.35. The quantitative estimate of drug-likeness (QED) is 0.857. The van der Waals surface area contributed by atoms with Gasteiger partial charge in [-0.2, -0.15) is 0 Å². The van der Waals surface area contributed by atoms with Gasteiger partial charge in [-0.1, -0.05) is 18.6 Å². The molecule has 0 aliphatic heterocycles. The van der Waals surface area contributed by atoms with Gasteiger partial charge in [0.15, 0.2) is 0 Å². The van der Waals surface area contributed by atoms with Crippen LogP contribution in [0.5, 0.6) is 0 Å². The Bertz CT molecular complexity index is 458. The Morgan fingerprint density at radius 2 is 2.22 bits per heavy atom. The summed E-state index contributed by atoms with van der Waals surface area (Å²) in [4.78, 5) is 10.7. The largest absolute Gasteiger partial charge is 0.481 e. The molecule has 2 aliphatic rings. The molecule has 0 spiro atoms. The summed E-state index contributed by atoms with van der Waals surface area (Å²) in [5.74, 6) is 0.986. The molecule has 0 saturated heterocycles. The molecule has 3 unspecified atom stereocenters. The zero-order valence-corrected chi connectivity index (χ0v) is 10.4. The second kappa shape index (κ2) is 4.63. The van der Waals surface area contributed by atoms with E-state index in [-0.39, 0.29) is 6.42 Å². The first-order chi connectivity index (χ1) is 8.70. The highest BCUT2D eigenvalue weighted by Crippen LogP contribution is 2.45. The molecule has 3 rings (SSSR count). The van der Waals surface area contributed by atoms with Gasteiger partial charge in [0, 0.05) is 11.7 Å². The third-order valence-electron chi connectivity index (χ3n) is 4.37. The lowest BCUT2D eigenvalue weighted by Crippen LogP contribution is -2.25. The Morgan fingerprint density at radius 1 is 1.33 bits per heavy atom. The van der Waals surface area contributed by atoms with Crippen LogP contribution in [-0.2, 0) is 11.2 Å². The zero-order chi connectivity index (χ0) is 12.5. The maximum atomic E-state index is 10.7. The summed E-state index contributed by atoms with van der Waals surface area (Å²) in [6.45, 7) is 0. The summed E-state index contributed by atoms with van der Waals surface area (Å²) in [6, 6.07) is 8.43. The van der Waals surface area contributed by atoms with E-state index < -0.39 is 5.97 Å². The molecule has 2 aliphatic carbocycles. The molecule has 96 valence electrons. The maximum Gasteiger partial charge on any atom is 0.307 e. The van der Waals surface area contributed by atoms with E-state index in [0.29, 0.717) is 6.04 Å². The van der Waals surface area contributed by atoms with E-state index in [9.17, 15) is 4.79 Å². The number of fused-ring (bicyclic) bond motifs is 2. The van der Waals surface area contributed by atoms with E-state index in [4.69, 9.17) is 5.11 Å². The number of rotatable bonds is 4. The van der Waals surface area contributed by atoms with Crippen LogP contribution in [0.15, 0.2) is 24.3 Å². The molecule has 18 heavy (non-hydrogen) atoms. The second-order valence-corrected chi connectivity index (χ2v) is 5.70. The van der Waals surface area contributed by atoms with E-state index in [1.54, 1.807) is 0 Å². The number of aliphatic carboxylic acids is 1. The van der Waals surface area contributed by atoms with Crippen molar-refractivity contribution < 1.29 is 9.90 Å². The first-order valence-electron chi connectivity index (χ1n) is 6.78. The number of hydrogen-bond donors (Lipinski definition) is 2. The molecule has 0 amide bonds. The van der Waals surface area contributed by atoms with Crippen molar-refractivity contribution in [3.8, 4) is 0 Å². The maximum absolute atomic E-state index is 10.7. The molecule has 0 radical (unpaired) electrons. The number of anilines is 1. The van der Waals surface area contributed by atoms with Gasteiger partial charge in [0.25, 0.3) is 0 Å². The van der Waals surface area contributed by atoms with Gasteiger partial charge in [0.05, 0.1) is 6.42 Å². The SMILES string of the molecule is O=C(O)Cc1cccc(NC2CC3CCC2C3)c1. The fourth-order valence-corrected chi connectivity index (χ4v) is 3.58. The summed E-state index contributed by atoms with van der Waals surface area (Å²) in [5.41, 5.74) is 1.95. The molecule has 2 bridgehead atoms. The summed E-state index contributed by atoms with van der Waals surface area (Å²) in [6.07, 6.45) is 5.53. The van der Waals surface area contributed by atoms with Crippen LogP contribution in [0.2, 0.25) is 0 Å². The number of carboxylic acid groups (broad SMARTS) is 1. The monoisotopic (exact) mass is 245 g/mol. The molecule has 3 atom stereocenters. The van der Waals surface area contributed by atoms with Gasteiger partial charge in [0.2, 0.25) is 0 Å². The first kappa shape index (κ1) is 11.6. The molecular weight excluding hydrogens is 226 g/mol. The van der Waals surface area contributed by atoms with Gasteiger partial charge >= 0.3 is 5.97 Å². The molecule has 1 aromatic rings. The summed E-state index contributed by atoms with van der Waals surface area (Å²) >= 11 is 0. The van der Waals surface area contributed by atoms with Crippen LogP contribution in [-0.4, -0.2) is 17.1 Å². The number of carboxylic acids is 1. The molecule has 3 heteroatoms. The van der Waals surface area contributed by atoms with Crippen molar-refractivity contribution in [2.45, 2.75) is 38.1 Å². The van der Waals surface area contributed by atoms with Crippen LogP contribution in [0.1, 0.15) is 31.2 Å². The van der Waals surface area contributed by atoms with Gasteiger partial charge in [-0.05, 0) is 48.8 Å². The molecule has 0 heterocycles. The fourth-order valence-electron chi connectivity index (χ4n) is 3.58. The second-order valence-electron chi connectivity index (χ2n) is 5.70. The highest BCUT2D eigenvalue weighted by atomic mass is 16.4. The topological polar surface area (TPSA) is 49.3 Å². The van der Waals surface area contributed by atoms with E-state index in [1.165, 1.54) is 25.7 Å². The highest BCUT2D eigenvalue weighted by molar-refractivity contribution is 5.70. The predicted octanol–water partition coefficient (Wildman–Crippen LogP) is 2.91. The predicted molar refractivity (Wildman–Crippen MR) is 70.6 cm³/mol. The molecular formula is C15H19NO2. The van der Waals surface area contributed by atoms with Crippen LogP contribution >= 0.6 is 0 Å². The minimum absolute atomic E-state index is 0.103. The molecule has 2 fully saturated rings. The Morgan fingerprint density at radius 3 is 2.89 bits per heavy atom. The average molecular weight is 245 g/mol. The minimum atomic E-state index is -0.771. The highest BCUT2D eigenvalue weighted by Gasteiger charge is 2.39. The normalized spacial score (nSPS) is 29.4. The molecule has 3 nitrogen and oxygen atoms in total. The summed E-state index contributed by atoms with van der Waals surface area (Å²) < 4.78 is 0. The first-order valence-corrected chi connectivity index (χ1v) is 6.78. The Labute approximate surface area is 107 Å². The summed E-state index contributed by atoms with van der Waals surface area (Å²) in [5, 5.41) is 12.4. The molecule has 2 saturated carbocycles. The molecule has 1 aromatic carbocycles. The molecule has 2 N–H and O–H groups in total. The van der Waals surface area contributed by atoms with Crippen molar-refractivity contribution in [3.63, 3.8) is 0 Å². The Hall–Kier alpha value is -1.51. The van der Waals surface area contributed by atoms with E-state index in [2.05, 4.69) is 5.32 Å². The number of nitrogens with one attached hydrogen (secondary N) is 1. The third-order valence-corrected chi connectivity index (χ3v) is 4.37. The van der Waals surface area contributed by atoms with E-state index in [1.807, 2.05) is 24.3 Å². The van der Waals surface area contributed by atoms with Crippen molar-refractivity contribution in [1.29, 1.82) is 0 Å². The Kier molecular flexibility index (Phi) is 2.98. The van der Waals surface area contributed by atoms with E-state index >= 15 is 0 Å². The lowest BCUT2D eigenvalue weighted by molar-refractivity contribution is -0.136. The number of hydrogen-bond acceptors (Lipinski definition) is 2. The standard InChI is InChI=1S/C15H19NO2/c17-15(18)9-10-2-1-3-13(7-10)16-14-8-11-4-5-12(14)6-11/h1-3,7,11-12,14,16H,4-6,8-9H2,(H,17,18). The van der Waals surface area contributed by atoms with Crippen molar-refractivity contribution in [2.24, 2.45) is 11.8 Å². The lowest BCUT2D eigenvalue weighted by atomic mass is 9.95. The zero-order valence-electron chi connectivity index (χ0n) is 10.4. The van der Waals surface area contributed by atoms with Crippen LogP contribution in [0.4, 0.5) is 5.69 Å². The van der Waals surface area contributed by atoms with Gasteiger partial charge in [-0.15, -0.1) is 0 Å². The van der Waals surface area contributed by atoms with Crippen molar-refractivity contribution in [1.82, 2.24) is 0 Å². The number of carbonyl (C=O) groups is 1. The van der Waals surface area contributed by atoms with Crippen LogP contribution in [0, 0.1) is 11.8 Å². The van der Waals surface area contributed by atoms with Crippen molar-refractivity contribution in [3.05, 3.63) is 29.8 Å². The average Bonchev–Trinajstić information content (AvgIpc) is 2.90. The fraction of sp³-hybridized carbons (Fsp3) is 0.533. The van der Waals surface area contributed by atoms with Crippen LogP contribution in [0.25, 0.3) is 0 Å². The van der Waals surface area contributed by atoms with Gasteiger partial charge in [0.1, 0.15) is 0 Å². The summed E-state index contributed by atoms with van der Waals surface area (Å²) in [7, 11) is 0. The van der Waals surface area contributed by atoms with Crippen molar-refractivity contribution >= 4 is 11.7 Å². The van der Waals surface area contributed by atoms with Crippen LogP contribution < -0.4 is 5.32 Å². The van der Waals surface area contributed by atoms with Crippen LogP contribution in [0.3, 0.4) is 0 Å².